The average molecular weight is 296 g/mol. The smallest absolute Gasteiger partial charge is 0.0462 e. The third-order valence-electron chi connectivity index (χ3n) is 4.14. The molecule has 0 atom stereocenters. The minimum Gasteiger partial charge on any atom is -0.310 e. The van der Waals surface area contributed by atoms with Crippen LogP contribution in [0.2, 0.25) is 5.02 Å². The second kappa shape index (κ2) is 6.51. The van der Waals surface area contributed by atoms with Crippen LogP contribution in [0.1, 0.15) is 44.1 Å². The summed E-state index contributed by atoms with van der Waals surface area (Å²) in [6, 6.07) is 7.31. The number of rotatable bonds is 6. The van der Waals surface area contributed by atoms with Gasteiger partial charge in [0.2, 0.25) is 0 Å². The summed E-state index contributed by atoms with van der Waals surface area (Å²) in [5.41, 5.74) is 1.23. The van der Waals surface area contributed by atoms with E-state index in [0.717, 1.165) is 23.5 Å². The molecule has 2 saturated carbocycles. The normalized spacial score (nSPS) is 20.1. The third-order valence-corrected chi connectivity index (χ3v) is 5.72. The molecular formula is C16H22ClNS. The van der Waals surface area contributed by atoms with Crippen LogP contribution in [-0.4, -0.2) is 11.8 Å². The van der Waals surface area contributed by atoms with Crippen molar-refractivity contribution >= 4 is 23.4 Å². The molecule has 0 saturated heterocycles. The van der Waals surface area contributed by atoms with E-state index in [2.05, 4.69) is 23.5 Å². The van der Waals surface area contributed by atoms with E-state index in [1.807, 2.05) is 11.8 Å². The lowest BCUT2D eigenvalue weighted by molar-refractivity contribution is 0.623. The molecule has 0 bridgehead atoms. The van der Waals surface area contributed by atoms with Gasteiger partial charge in [-0.2, -0.15) is 0 Å². The van der Waals surface area contributed by atoms with Crippen LogP contribution in [-0.2, 0) is 6.54 Å². The van der Waals surface area contributed by atoms with E-state index < -0.39 is 0 Å². The molecule has 1 N–H and O–H groups in total. The minimum absolute atomic E-state index is 0.743. The first-order valence-electron chi connectivity index (χ1n) is 7.46. The Hall–Kier alpha value is -0.180. The molecule has 0 aromatic heterocycles. The number of halogens is 1. The summed E-state index contributed by atoms with van der Waals surface area (Å²) in [6.45, 7) is 0.914. The van der Waals surface area contributed by atoms with Crippen molar-refractivity contribution in [3.8, 4) is 0 Å². The van der Waals surface area contributed by atoms with Gasteiger partial charge in [0, 0.05) is 28.3 Å². The van der Waals surface area contributed by atoms with Crippen LogP contribution in [0.25, 0.3) is 0 Å². The molecule has 0 amide bonds. The van der Waals surface area contributed by atoms with Gasteiger partial charge >= 0.3 is 0 Å². The van der Waals surface area contributed by atoms with Crippen LogP contribution in [0.15, 0.2) is 23.1 Å². The van der Waals surface area contributed by atoms with Gasteiger partial charge in [-0.15, -0.1) is 11.8 Å². The van der Waals surface area contributed by atoms with E-state index in [0.29, 0.717) is 0 Å². The summed E-state index contributed by atoms with van der Waals surface area (Å²) in [6.07, 6.45) is 8.35. The Morgan fingerprint density at radius 1 is 1.16 bits per heavy atom. The monoisotopic (exact) mass is 295 g/mol. The van der Waals surface area contributed by atoms with Crippen LogP contribution in [0, 0.1) is 5.92 Å². The van der Waals surface area contributed by atoms with Gasteiger partial charge in [0.1, 0.15) is 0 Å². The summed E-state index contributed by atoms with van der Waals surface area (Å²) in [7, 11) is 0. The largest absolute Gasteiger partial charge is 0.310 e. The Kier molecular flexibility index (Phi) is 4.73. The Morgan fingerprint density at radius 3 is 2.63 bits per heavy atom. The zero-order valence-corrected chi connectivity index (χ0v) is 12.9. The lowest BCUT2D eigenvalue weighted by Crippen LogP contribution is -2.15. The van der Waals surface area contributed by atoms with E-state index in [1.165, 1.54) is 54.7 Å². The molecule has 1 nitrogen and oxygen atoms in total. The number of thioether (sulfide) groups is 1. The fourth-order valence-electron chi connectivity index (χ4n) is 2.69. The third kappa shape index (κ3) is 4.14. The van der Waals surface area contributed by atoms with Crippen molar-refractivity contribution in [3.05, 3.63) is 28.8 Å². The fraction of sp³-hybridized carbons (Fsp3) is 0.625. The Morgan fingerprint density at radius 2 is 1.95 bits per heavy atom. The summed E-state index contributed by atoms with van der Waals surface area (Å²) >= 11 is 8.35. The molecule has 0 spiro atoms. The highest BCUT2D eigenvalue weighted by Gasteiger charge is 2.20. The van der Waals surface area contributed by atoms with Gasteiger partial charge in [-0.3, -0.25) is 0 Å². The van der Waals surface area contributed by atoms with Gasteiger partial charge in [-0.25, -0.2) is 0 Å². The number of nitrogens with one attached hydrogen (secondary N) is 1. The van der Waals surface area contributed by atoms with Crippen molar-refractivity contribution in [2.75, 3.05) is 5.75 Å². The standard InChI is InChI=1S/C16H22ClNS/c17-16-9-15(19-11-12-3-1-2-4-12)8-5-13(16)10-18-14-6-7-14/h5,8-9,12,14,18H,1-4,6-7,10-11H2. The van der Waals surface area contributed by atoms with Crippen molar-refractivity contribution in [1.29, 1.82) is 0 Å². The minimum atomic E-state index is 0.743. The zero-order chi connectivity index (χ0) is 13.1. The maximum absolute atomic E-state index is 6.38. The van der Waals surface area contributed by atoms with E-state index in [4.69, 9.17) is 11.6 Å². The SMILES string of the molecule is Clc1cc(SCC2CCCC2)ccc1CNC1CC1. The second-order valence-corrected chi connectivity index (χ2v) is 7.37. The fourth-order valence-corrected chi connectivity index (χ4v) is 4.13. The molecule has 0 unspecified atom stereocenters. The van der Waals surface area contributed by atoms with Gasteiger partial charge in [-0.05, 0) is 49.3 Å². The van der Waals surface area contributed by atoms with Crippen LogP contribution in [0.5, 0.6) is 0 Å². The number of hydrogen-bond acceptors (Lipinski definition) is 2. The van der Waals surface area contributed by atoms with Crippen LogP contribution < -0.4 is 5.32 Å². The topological polar surface area (TPSA) is 12.0 Å². The van der Waals surface area contributed by atoms with E-state index in [1.54, 1.807) is 0 Å². The van der Waals surface area contributed by atoms with Crippen molar-refractivity contribution in [3.63, 3.8) is 0 Å². The van der Waals surface area contributed by atoms with Gasteiger partial charge in [-0.1, -0.05) is 30.5 Å². The quantitative estimate of drug-likeness (QED) is 0.751. The highest BCUT2D eigenvalue weighted by atomic mass is 35.5. The molecule has 2 fully saturated rings. The predicted molar refractivity (Wildman–Crippen MR) is 84.0 cm³/mol. The van der Waals surface area contributed by atoms with E-state index >= 15 is 0 Å². The van der Waals surface area contributed by atoms with E-state index in [-0.39, 0.29) is 0 Å². The van der Waals surface area contributed by atoms with Crippen LogP contribution in [0.4, 0.5) is 0 Å². The Bertz CT molecular complexity index is 425. The lowest BCUT2D eigenvalue weighted by Gasteiger charge is -2.10. The molecular weight excluding hydrogens is 274 g/mol. The van der Waals surface area contributed by atoms with Crippen molar-refractivity contribution in [2.24, 2.45) is 5.92 Å². The first-order chi connectivity index (χ1) is 9.31. The first-order valence-corrected chi connectivity index (χ1v) is 8.82. The lowest BCUT2D eigenvalue weighted by atomic mass is 10.1. The Balaban J connectivity index is 1.51. The van der Waals surface area contributed by atoms with E-state index in [9.17, 15) is 0 Å². The molecule has 1 aromatic rings. The highest BCUT2D eigenvalue weighted by molar-refractivity contribution is 7.99. The van der Waals surface area contributed by atoms with Gasteiger partial charge < -0.3 is 5.32 Å². The first kappa shape index (κ1) is 13.8. The molecule has 0 heterocycles. The summed E-state index contributed by atoms with van der Waals surface area (Å²) in [4.78, 5) is 1.33. The van der Waals surface area contributed by atoms with Crippen molar-refractivity contribution in [1.82, 2.24) is 5.32 Å². The second-order valence-electron chi connectivity index (χ2n) is 5.87. The summed E-state index contributed by atoms with van der Waals surface area (Å²) in [5, 5.41) is 4.44. The summed E-state index contributed by atoms with van der Waals surface area (Å²) < 4.78 is 0. The molecule has 19 heavy (non-hydrogen) atoms. The highest BCUT2D eigenvalue weighted by Crippen LogP contribution is 2.32. The van der Waals surface area contributed by atoms with Crippen molar-refractivity contribution < 1.29 is 0 Å². The zero-order valence-electron chi connectivity index (χ0n) is 11.3. The Labute approximate surface area is 125 Å². The van der Waals surface area contributed by atoms with Gasteiger partial charge in [0.25, 0.3) is 0 Å². The molecule has 2 aliphatic carbocycles. The van der Waals surface area contributed by atoms with Gasteiger partial charge in [0.05, 0.1) is 0 Å². The molecule has 2 aliphatic rings. The predicted octanol–water partition coefficient (Wildman–Crippen LogP) is 4.87. The number of benzene rings is 1. The maximum Gasteiger partial charge on any atom is 0.0462 e. The summed E-state index contributed by atoms with van der Waals surface area (Å²) in [5.74, 6) is 2.19. The van der Waals surface area contributed by atoms with Crippen LogP contribution in [0.3, 0.4) is 0 Å². The molecule has 3 heteroatoms. The molecule has 3 rings (SSSR count). The average Bonchev–Trinajstić information content (AvgIpc) is 3.09. The maximum atomic E-state index is 6.38. The number of hydrogen-bond donors (Lipinski definition) is 1. The molecule has 104 valence electrons. The molecule has 0 aliphatic heterocycles. The van der Waals surface area contributed by atoms with Crippen LogP contribution >= 0.6 is 23.4 Å². The molecule has 1 aromatic carbocycles. The van der Waals surface area contributed by atoms with Crippen molar-refractivity contribution in [2.45, 2.75) is 56.0 Å². The molecule has 0 radical (unpaired) electrons. The van der Waals surface area contributed by atoms with Gasteiger partial charge in [0.15, 0.2) is 0 Å².